The lowest BCUT2D eigenvalue weighted by atomic mass is 10.2. The molecule has 0 aliphatic carbocycles. The summed E-state index contributed by atoms with van der Waals surface area (Å²) in [5, 5.41) is 9.25. The summed E-state index contributed by atoms with van der Waals surface area (Å²) >= 11 is 0. The summed E-state index contributed by atoms with van der Waals surface area (Å²) < 4.78 is 20.0. The summed E-state index contributed by atoms with van der Waals surface area (Å²) in [5.41, 5.74) is 1.92. The van der Waals surface area contributed by atoms with Crippen LogP contribution in [0.15, 0.2) is 36.7 Å². The van der Waals surface area contributed by atoms with Gasteiger partial charge in [0.2, 0.25) is 5.88 Å². The Balaban J connectivity index is 2.24. The van der Waals surface area contributed by atoms with Crippen molar-refractivity contribution in [3.8, 4) is 17.3 Å². The molecule has 0 aliphatic rings. The first kappa shape index (κ1) is 12.6. The van der Waals surface area contributed by atoms with Crippen LogP contribution in [0.4, 0.5) is 4.39 Å². The van der Waals surface area contributed by atoms with E-state index in [4.69, 9.17) is 4.74 Å². The largest absolute Gasteiger partial charge is 0.479 e. The number of hydrogen-bond acceptors (Lipinski definition) is 4. The van der Waals surface area contributed by atoms with Gasteiger partial charge in [-0.05, 0) is 24.3 Å². The lowest BCUT2D eigenvalue weighted by molar-refractivity contribution is 0.273. The normalized spacial score (nSPS) is 10.9. The van der Waals surface area contributed by atoms with Crippen LogP contribution in [0.25, 0.3) is 16.9 Å². The Hall–Kier alpha value is -2.47. The van der Waals surface area contributed by atoms with Gasteiger partial charge in [-0.15, -0.1) is 0 Å². The fourth-order valence-corrected chi connectivity index (χ4v) is 2.05. The van der Waals surface area contributed by atoms with Crippen LogP contribution in [0.2, 0.25) is 0 Å². The van der Waals surface area contributed by atoms with Gasteiger partial charge in [0.1, 0.15) is 17.2 Å². The lowest BCUT2D eigenvalue weighted by Crippen LogP contribution is -2.00. The number of hydrogen-bond donors (Lipinski definition) is 1. The number of fused-ring (bicyclic) bond motifs is 1. The van der Waals surface area contributed by atoms with E-state index >= 15 is 0 Å². The third kappa shape index (κ3) is 2.00. The highest BCUT2D eigenvalue weighted by molar-refractivity contribution is 5.65. The summed E-state index contributed by atoms with van der Waals surface area (Å²) in [6.07, 6.45) is 3.31. The van der Waals surface area contributed by atoms with E-state index in [-0.39, 0.29) is 12.4 Å². The molecule has 0 saturated heterocycles. The molecule has 102 valence electrons. The Labute approximate surface area is 114 Å². The number of halogens is 1. The number of benzene rings is 1. The molecule has 0 bridgehead atoms. The van der Waals surface area contributed by atoms with E-state index in [1.807, 2.05) is 0 Å². The number of imidazole rings is 1. The van der Waals surface area contributed by atoms with E-state index in [2.05, 4.69) is 9.97 Å². The van der Waals surface area contributed by atoms with Crippen molar-refractivity contribution in [1.29, 1.82) is 0 Å². The van der Waals surface area contributed by atoms with Crippen LogP contribution in [0.3, 0.4) is 0 Å². The highest BCUT2D eigenvalue weighted by atomic mass is 19.1. The zero-order chi connectivity index (χ0) is 14.1. The van der Waals surface area contributed by atoms with Crippen molar-refractivity contribution >= 4 is 5.52 Å². The predicted molar refractivity (Wildman–Crippen MR) is 70.9 cm³/mol. The molecule has 3 aromatic rings. The Morgan fingerprint density at radius 1 is 1.30 bits per heavy atom. The maximum absolute atomic E-state index is 13.0. The van der Waals surface area contributed by atoms with Crippen LogP contribution >= 0.6 is 0 Å². The first-order valence-electron chi connectivity index (χ1n) is 6.00. The van der Waals surface area contributed by atoms with Gasteiger partial charge in [-0.3, -0.25) is 4.40 Å². The second-order valence-corrected chi connectivity index (χ2v) is 4.24. The predicted octanol–water partition coefficient (Wildman–Crippen LogP) is 2.04. The van der Waals surface area contributed by atoms with Gasteiger partial charge >= 0.3 is 0 Å². The molecule has 0 amide bonds. The van der Waals surface area contributed by atoms with Crippen LogP contribution in [0.1, 0.15) is 5.69 Å². The SMILES string of the molecule is COc1nc(CO)cn2c(-c3ccc(F)cc3)ncc12. The topological polar surface area (TPSA) is 59.7 Å². The molecule has 0 atom stereocenters. The zero-order valence-corrected chi connectivity index (χ0v) is 10.7. The van der Waals surface area contributed by atoms with Crippen molar-refractivity contribution in [2.45, 2.75) is 6.61 Å². The fraction of sp³-hybridized carbons (Fsp3) is 0.143. The molecule has 0 radical (unpaired) electrons. The van der Waals surface area contributed by atoms with E-state index in [9.17, 15) is 9.50 Å². The van der Waals surface area contributed by atoms with Crippen LogP contribution in [0.5, 0.6) is 5.88 Å². The molecule has 2 heterocycles. The van der Waals surface area contributed by atoms with Gasteiger partial charge in [-0.25, -0.2) is 14.4 Å². The number of aromatic nitrogens is 3. The molecule has 0 spiro atoms. The van der Waals surface area contributed by atoms with Crippen molar-refractivity contribution in [2.75, 3.05) is 7.11 Å². The maximum Gasteiger partial charge on any atom is 0.240 e. The van der Waals surface area contributed by atoms with Gasteiger partial charge in [-0.1, -0.05) is 0 Å². The molecule has 1 aromatic carbocycles. The number of methoxy groups -OCH3 is 1. The van der Waals surface area contributed by atoms with Crippen LogP contribution in [-0.4, -0.2) is 26.6 Å². The van der Waals surface area contributed by atoms with Crippen molar-refractivity contribution in [3.05, 3.63) is 48.2 Å². The second-order valence-electron chi connectivity index (χ2n) is 4.24. The smallest absolute Gasteiger partial charge is 0.240 e. The molecule has 0 fully saturated rings. The number of aliphatic hydroxyl groups excluding tert-OH is 1. The van der Waals surface area contributed by atoms with E-state index in [1.165, 1.54) is 19.2 Å². The van der Waals surface area contributed by atoms with Crippen LogP contribution in [0, 0.1) is 5.82 Å². The molecule has 2 aromatic heterocycles. The summed E-state index contributed by atoms with van der Waals surface area (Å²) in [7, 11) is 1.51. The average Bonchev–Trinajstić information content (AvgIpc) is 2.90. The molecule has 1 N–H and O–H groups in total. The van der Waals surface area contributed by atoms with Crippen molar-refractivity contribution < 1.29 is 14.2 Å². The van der Waals surface area contributed by atoms with E-state index < -0.39 is 0 Å². The third-order valence-electron chi connectivity index (χ3n) is 3.00. The van der Waals surface area contributed by atoms with E-state index in [0.717, 1.165) is 5.56 Å². The Kier molecular flexibility index (Phi) is 3.08. The Morgan fingerprint density at radius 2 is 2.05 bits per heavy atom. The monoisotopic (exact) mass is 273 g/mol. The molecule has 0 unspecified atom stereocenters. The number of ether oxygens (including phenoxy) is 1. The quantitative estimate of drug-likeness (QED) is 0.793. The standard InChI is InChI=1S/C14H12FN3O2/c1-20-14-12-6-16-13(9-2-4-10(15)5-3-9)18(12)7-11(8-19)17-14/h2-7,19H,8H2,1H3. The third-order valence-corrected chi connectivity index (χ3v) is 3.00. The lowest BCUT2D eigenvalue weighted by Gasteiger charge is -2.07. The summed E-state index contributed by atoms with van der Waals surface area (Å²) in [4.78, 5) is 8.48. The first-order valence-corrected chi connectivity index (χ1v) is 6.00. The highest BCUT2D eigenvalue weighted by Crippen LogP contribution is 2.25. The molecule has 0 saturated carbocycles. The van der Waals surface area contributed by atoms with Gasteiger partial charge in [0, 0.05) is 11.8 Å². The highest BCUT2D eigenvalue weighted by Gasteiger charge is 2.12. The minimum atomic E-state index is -0.301. The van der Waals surface area contributed by atoms with Crippen LogP contribution in [-0.2, 0) is 6.61 Å². The zero-order valence-electron chi connectivity index (χ0n) is 10.7. The molecule has 6 heteroatoms. The summed E-state index contributed by atoms with van der Waals surface area (Å²) in [6.45, 7) is -0.201. The molecular weight excluding hydrogens is 261 g/mol. The summed E-state index contributed by atoms with van der Waals surface area (Å²) in [5.74, 6) is 0.720. The molecule has 5 nitrogen and oxygen atoms in total. The molecule has 0 aliphatic heterocycles. The number of nitrogens with zero attached hydrogens (tertiary/aromatic N) is 3. The van der Waals surface area contributed by atoms with Gasteiger partial charge in [-0.2, -0.15) is 0 Å². The number of rotatable bonds is 3. The van der Waals surface area contributed by atoms with Gasteiger partial charge in [0.15, 0.2) is 0 Å². The Bertz CT molecular complexity index is 753. The van der Waals surface area contributed by atoms with Crippen molar-refractivity contribution in [2.24, 2.45) is 0 Å². The van der Waals surface area contributed by atoms with Gasteiger partial charge in [0.05, 0.1) is 25.6 Å². The maximum atomic E-state index is 13.0. The molecule has 3 rings (SSSR count). The molecular formula is C14H12FN3O2. The summed E-state index contributed by atoms with van der Waals surface area (Å²) in [6, 6.07) is 6.05. The van der Waals surface area contributed by atoms with E-state index in [1.54, 1.807) is 28.9 Å². The fourth-order valence-electron chi connectivity index (χ4n) is 2.05. The van der Waals surface area contributed by atoms with Gasteiger partial charge < -0.3 is 9.84 Å². The minimum Gasteiger partial charge on any atom is -0.479 e. The van der Waals surface area contributed by atoms with Crippen LogP contribution < -0.4 is 4.74 Å². The first-order chi connectivity index (χ1) is 9.72. The minimum absolute atomic E-state index is 0.201. The van der Waals surface area contributed by atoms with Gasteiger partial charge in [0.25, 0.3) is 0 Å². The van der Waals surface area contributed by atoms with Crippen molar-refractivity contribution in [3.63, 3.8) is 0 Å². The molecule has 20 heavy (non-hydrogen) atoms. The van der Waals surface area contributed by atoms with E-state index in [0.29, 0.717) is 22.9 Å². The number of aliphatic hydroxyl groups is 1. The van der Waals surface area contributed by atoms with Crippen molar-refractivity contribution in [1.82, 2.24) is 14.4 Å². The Morgan fingerprint density at radius 3 is 2.70 bits per heavy atom. The second kappa shape index (κ2) is 4.90. The average molecular weight is 273 g/mol.